The summed E-state index contributed by atoms with van der Waals surface area (Å²) in [5.74, 6) is 0.693. The third kappa shape index (κ3) is 3.04. The zero-order valence-electron chi connectivity index (χ0n) is 11.2. The van der Waals surface area contributed by atoms with Crippen LogP contribution >= 0.6 is 0 Å². The fourth-order valence-electron chi connectivity index (χ4n) is 1.94. The molecule has 0 saturated carbocycles. The molecule has 0 spiro atoms. The zero-order valence-corrected chi connectivity index (χ0v) is 11.2. The lowest BCUT2D eigenvalue weighted by Gasteiger charge is -2.01. The van der Waals surface area contributed by atoms with Crippen molar-refractivity contribution in [3.8, 4) is 6.07 Å². The van der Waals surface area contributed by atoms with E-state index in [-0.39, 0.29) is 0 Å². The molecule has 0 aliphatic rings. The van der Waals surface area contributed by atoms with Gasteiger partial charge in [-0.15, -0.1) is 0 Å². The number of anilines is 1. The van der Waals surface area contributed by atoms with Gasteiger partial charge in [-0.3, -0.25) is 5.43 Å². The predicted octanol–water partition coefficient (Wildman–Crippen LogP) is 3.55. The minimum atomic E-state index is 0.635. The number of nitriles is 1. The van der Waals surface area contributed by atoms with Gasteiger partial charge in [0.05, 0.1) is 23.4 Å². The maximum absolute atomic E-state index is 8.74. The summed E-state index contributed by atoms with van der Waals surface area (Å²) in [6.45, 7) is 0. The van der Waals surface area contributed by atoms with Gasteiger partial charge in [0, 0.05) is 5.39 Å². The Morgan fingerprint density at radius 2 is 1.81 bits per heavy atom. The molecule has 0 aliphatic carbocycles. The molecule has 1 heterocycles. The summed E-state index contributed by atoms with van der Waals surface area (Å²) in [5, 5.41) is 14.0. The largest absolute Gasteiger partial charge is 0.261 e. The zero-order chi connectivity index (χ0) is 14.5. The van der Waals surface area contributed by atoms with E-state index in [0.29, 0.717) is 11.4 Å². The summed E-state index contributed by atoms with van der Waals surface area (Å²) >= 11 is 0. The molecule has 0 saturated heterocycles. The second kappa shape index (κ2) is 5.85. The summed E-state index contributed by atoms with van der Waals surface area (Å²) in [6.07, 6.45) is 1.69. The summed E-state index contributed by atoms with van der Waals surface area (Å²) < 4.78 is 0. The van der Waals surface area contributed by atoms with Crippen LogP contribution < -0.4 is 5.43 Å². The molecule has 3 rings (SSSR count). The topological polar surface area (TPSA) is 61.1 Å². The minimum Gasteiger partial charge on any atom is -0.261 e. The van der Waals surface area contributed by atoms with Crippen molar-refractivity contribution in [3.05, 3.63) is 71.8 Å². The van der Waals surface area contributed by atoms with Crippen LogP contribution in [0.3, 0.4) is 0 Å². The number of nitrogens with one attached hydrogen (secondary N) is 1. The van der Waals surface area contributed by atoms with E-state index < -0.39 is 0 Å². The molecule has 0 amide bonds. The smallest absolute Gasteiger partial charge is 0.146 e. The van der Waals surface area contributed by atoms with E-state index in [1.165, 1.54) is 0 Å². The molecule has 21 heavy (non-hydrogen) atoms. The quantitative estimate of drug-likeness (QED) is 0.586. The average molecular weight is 272 g/mol. The Morgan fingerprint density at radius 1 is 1.00 bits per heavy atom. The van der Waals surface area contributed by atoms with E-state index in [1.807, 2.05) is 48.5 Å². The SMILES string of the molecule is N#Cc1ccc(/C=N/Nc2ccc3ccccc3n2)cc1. The highest BCUT2D eigenvalue weighted by Gasteiger charge is 1.96. The fraction of sp³-hybridized carbons (Fsp3) is 0. The fourth-order valence-corrected chi connectivity index (χ4v) is 1.94. The van der Waals surface area contributed by atoms with Crippen LogP contribution in [0.5, 0.6) is 0 Å². The van der Waals surface area contributed by atoms with Gasteiger partial charge in [0.2, 0.25) is 0 Å². The molecule has 0 bridgehead atoms. The third-order valence-corrected chi connectivity index (χ3v) is 3.03. The van der Waals surface area contributed by atoms with E-state index in [4.69, 9.17) is 5.26 Å². The number of benzene rings is 2. The molecular weight excluding hydrogens is 260 g/mol. The Morgan fingerprint density at radius 3 is 2.62 bits per heavy atom. The first-order chi connectivity index (χ1) is 10.3. The number of hydrogen-bond acceptors (Lipinski definition) is 4. The summed E-state index contributed by atoms with van der Waals surface area (Å²) in [4.78, 5) is 4.47. The molecule has 1 aromatic heterocycles. The van der Waals surface area contributed by atoms with Crippen molar-refractivity contribution in [2.75, 3.05) is 5.43 Å². The van der Waals surface area contributed by atoms with Gasteiger partial charge >= 0.3 is 0 Å². The molecule has 0 atom stereocenters. The Labute approximate surface area is 122 Å². The highest BCUT2D eigenvalue weighted by atomic mass is 15.3. The van der Waals surface area contributed by atoms with Crippen molar-refractivity contribution in [1.82, 2.24) is 4.98 Å². The molecule has 100 valence electrons. The maximum atomic E-state index is 8.74. The number of aromatic nitrogens is 1. The molecule has 0 unspecified atom stereocenters. The first-order valence-electron chi connectivity index (χ1n) is 6.50. The van der Waals surface area contributed by atoms with Gasteiger partial charge < -0.3 is 0 Å². The molecule has 2 aromatic carbocycles. The number of hydrazone groups is 1. The lowest BCUT2D eigenvalue weighted by molar-refractivity contribution is 1.26. The van der Waals surface area contributed by atoms with E-state index in [2.05, 4.69) is 21.6 Å². The first kappa shape index (κ1) is 12.8. The van der Waals surface area contributed by atoms with Crippen LogP contribution in [0, 0.1) is 11.3 Å². The van der Waals surface area contributed by atoms with Gasteiger partial charge in [-0.1, -0.05) is 30.3 Å². The van der Waals surface area contributed by atoms with Gasteiger partial charge in [-0.05, 0) is 35.9 Å². The summed E-state index contributed by atoms with van der Waals surface area (Å²) in [5.41, 5.74) is 5.39. The second-order valence-corrected chi connectivity index (χ2v) is 4.49. The Hall–Kier alpha value is -3.19. The molecule has 0 fully saturated rings. The normalized spacial score (nSPS) is 10.6. The maximum Gasteiger partial charge on any atom is 0.146 e. The number of rotatable bonds is 3. The van der Waals surface area contributed by atoms with Crippen molar-refractivity contribution in [2.45, 2.75) is 0 Å². The van der Waals surface area contributed by atoms with Crippen molar-refractivity contribution < 1.29 is 0 Å². The van der Waals surface area contributed by atoms with E-state index in [9.17, 15) is 0 Å². The van der Waals surface area contributed by atoms with Gasteiger partial charge in [0.25, 0.3) is 0 Å². The Balaban J connectivity index is 1.73. The molecule has 4 nitrogen and oxygen atoms in total. The highest BCUT2D eigenvalue weighted by Crippen LogP contribution is 2.14. The molecule has 0 aliphatic heterocycles. The van der Waals surface area contributed by atoms with Crippen molar-refractivity contribution >= 4 is 22.9 Å². The Kier molecular flexibility index (Phi) is 3.57. The van der Waals surface area contributed by atoms with Crippen LogP contribution in [0.2, 0.25) is 0 Å². The Bertz CT molecular complexity index is 829. The highest BCUT2D eigenvalue weighted by molar-refractivity contribution is 5.81. The molecule has 3 aromatic rings. The lowest BCUT2D eigenvalue weighted by atomic mass is 10.2. The summed E-state index contributed by atoms with van der Waals surface area (Å²) in [6, 6.07) is 21.1. The van der Waals surface area contributed by atoms with Crippen molar-refractivity contribution in [2.24, 2.45) is 5.10 Å². The minimum absolute atomic E-state index is 0.635. The van der Waals surface area contributed by atoms with Gasteiger partial charge in [-0.25, -0.2) is 4.98 Å². The number of fused-ring (bicyclic) bond motifs is 1. The standard InChI is InChI=1S/C17H12N4/c18-11-13-5-7-14(8-6-13)12-19-21-17-10-9-15-3-1-2-4-16(15)20-17/h1-10,12H,(H,20,21)/b19-12+. The lowest BCUT2D eigenvalue weighted by Crippen LogP contribution is -1.93. The number of para-hydroxylation sites is 1. The monoisotopic (exact) mass is 272 g/mol. The molecular formula is C17H12N4. The second-order valence-electron chi connectivity index (χ2n) is 4.49. The van der Waals surface area contributed by atoms with Crippen LogP contribution in [-0.4, -0.2) is 11.2 Å². The predicted molar refractivity (Wildman–Crippen MR) is 84.1 cm³/mol. The number of pyridine rings is 1. The third-order valence-electron chi connectivity index (χ3n) is 3.03. The molecule has 1 N–H and O–H groups in total. The van der Waals surface area contributed by atoms with Crippen LogP contribution in [0.15, 0.2) is 65.8 Å². The first-order valence-corrected chi connectivity index (χ1v) is 6.50. The van der Waals surface area contributed by atoms with E-state index in [0.717, 1.165) is 16.5 Å². The number of nitrogens with zero attached hydrogens (tertiary/aromatic N) is 3. The van der Waals surface area contributed by atoms with Gasteiger partial charge in [0.15, 0.2) is 0 Å². The van der Waals surface area contributed by atoms with Gasteiger partial charge in [-0.2, -0.15) is 10.4 Å². The van der Waals surface area contributed by atoms with E-state index in [1.54, 1.807) is 18.3 Å². The van der Waals surface area contributed by atoms with Crippen LogP contribution in [0.4, 0.5) is 5.82 Å². The molecule has 4 heteroatoms. The van der Waals surface area contributed by atoms with Gasteiger partial charge in [0.1, 0.15) is 5.82 Å². The van der Waals surface area contributed by atoms with Crippen molar-refractivity contribution in [3.63, 3.8) is 0 Å². The van der Waals surface area contributed by atoms with Crippen LogP contribution in [0.25, 0.3) is 10.9 Å². The van der Waals surface area contributed by atoms with E-state index >= 15 is 0 Å². The molecule has 0 radical (unpaired) electrons. The van der Waals surface area contributed by atoms with Crippen LogP contribution in [-0.2, 0) is 0 Å². The van der Waals surface area contributed by atoms with Crippen LogP contribution in [0.1, 0.15) is 11.1 Å². The number of hydrogen-bond donors (Lipinski definition) is 1. The van der Waals surface area contributed by atoms with Crippen molar-refractivity contribution in [1.29, 1.82) is 5.26 Å². The summed E-state index contributed by atoms with van der Waals surface area (Å²) in [7, 11) is 0. The average Bonchev–Trinajstić information content (AvgIpc) is 2.55.